The van der Waals surface area contributed by atoms with E-state index in [2.05, 4.69) is 10.2 Å². The van der Waals surface area contributed by atoms with Crippen molar-refractivity contribution in [3.63, 3.8) is 0 Å². The zero-order chi connectivity index (χ0) is 30.2. The lowest BCUT2D eigenvalue weighted by atomic mass is 9.77. The number of nitrogens with zero attached hydrogens (tertiary/aromatic N) is 2. The van der Waals surface area contributed by atoms with Crippen LogP contribution in [0.5, 0.6) is 0 Å². The van der Waals surface area contributed by atoms with Gasteiger partial charge >= 0.3 is 12.4 Å². The van der Waals surface area contributed by atoms with Gasteiger partial charge in [0, 0.05) is 37.5 Å². The average molecular weight is 600 g/mol. The number of carbonyl (C=O) groups is 1. The van der Waals surface area contributed by atoms with Gasteiger partial charge in [-0.15, -0.1) is 0 Å². The van der Waals surface area contributed by atoms with E-state index in [4.69, 9.17) is 0 Å². The van der Waals surface area contributed by atoms with Gasteiger partial charge in [-0.2, -0.15) is 26.3 Å². The quantitative estimate of drug-likeness (QED) is 0.357. The normalized spacial score (nSPS) is 22.8. The summed E-state index contributed by atoms with van der Waals surface area (Å²) in [4.78, 5) is 18.0. The van der Waals surface area contributed by atoms with Gasteiger partial charge in [0.15, 0.2) is 0 Å². The first kappa shape index (κ1) is 30.8. The molecule has 2 atom stereocenters. The number of benzene rings is 2. The second-order valence-corrected chi connectivity index (χ2v) is 12.1. The van der Waals surface area contributed by atoms with Crippen molar-refractivity contribution >= 4 is 5.91 Å². The van der Waals surface area contributed by atoms with Crippen LogP contribution in [-0.2, 0) is 23.7 Å². The Bertz CT molecular complexity index is 1240. The highest BCUT2D eigenvalue weighted by Crippen LogP contribution is 2.41. The van der Waals surface area contributed by atoms with E-state index >= 15 is 0 Å². The highest BCUT2D eigenvalue weighted by atomic mass is 19.4. The first-order valence-corrected chi connectivity index (χ1v) is 14.6. The predicted octanol–water partition coefficient (Wildman–Crippen LogP) is 6.77. The third-order valence-electron chi connectivity index (χ3n) is 8.89. The molecule has 42 heavy (non-hydrogen) atoms. The van der Waals surface area contributed by atoms with Crippen molar-refractivity contribution in [2.24, 2.45) is 11.8 Å². The van der Waals surface area contributed by atoms with Crippen molar-refractivity contribution in [1.82, 2.24) is 15.1 Å². The van der Waals surface area contributed by atoms with Gasteiger partial charge in [0.25, 0.3) is 0 Å². The largest absolute Gasteiger partial charge is 0.416 e. The van der Waals surface area contributed by atoms with Gasteiger partial charge in [0.1, 0.15) is 5.82 Å². The molecule has 2 aliphatic heterocycles. The van der Waals surface area contributed by atoms with E-state index in [9.17, 15) is 35.5 Å². The molecule has 5 rings (SSSR count). The fourth-order valence-electron chi connectivity index (χ4n) is 6.57. The molecule has 11 heteroatoms. The van der Waals surface area contributed by atoms with Crippen molar-refractivity contribution in [2.75, 3.05) is 32.7 Å². The fourth-order valence-corrected chi connectivity index (χ4v) is 6.57. The Kier molecular flexibility index (Phi) is 8.90. The number of aryl methyl sites for hydroxylation is 1. The Balaban J connectivity index is 1.43. The van der Waals surface area contributed by atoms with Crippen molar-refractivity contribution in [3.8, 4) is 0 Å². The molecule has 0 spiro atoms. The molecule has 1 saturated carbocycles. The van der Waals surface area contributed by atoms with Crippen LogP contribution in [0.1, 0.15) is 65.8 Å². The predicted molar refractivity (Wildman–Crippen MR) is 144 cm³/mol. The number of halogens is 7. The number of alkyl halides is 6. The highest BCUT2D eigenvalue weighted by Gasteiger charge is 2.43. The maximum absolute atomic E-state index is 14.2. The molecular formula is C31H36F7N3O. The van der Waals surface area contributed by atoms with Gasteiger partial charge in [-0.05, 0) is 112 Å². The summed E-state index contributed by atoms with van der Waals surface area (Å²) in [5.41, 5.74) is -1.41. The second-order valence-electron chi connectivity index (χ2n) is 12.1. The minimum absolute atomic E-state index is 0.109. The first-order valence-electron chi connectivity index (χ1n) is 14.6. The Hall–Kier alpha value is -2.66. The number of carbonyl (C=O) groups excluding carboxylic acids is 1. The summed E-state index contributed by atoms with van der Waals surface area (Å²) in [7, 11) is 0. The lowest BCUT2D eigenvalue weighted by molar-refractivity contribution is -0.143. The maximum atomic E-state index is 14.2. The lowest BCUT2D eigenvalue weighted by Gasteiger charge is -2.42. The van der Waals surface area contributed by atoms with E-state index in [-0.39, 0.29) is 41.9 Å². The van der Waals surface area contributed by atoms with Gasteiger partial charge in [0.2, 0.25) is 5.91 Å². The van der Waals surface area contributed by atoms with Gasteiger partial charge in [-0.25, -0.2) is 4.39 Å². The fraction of sp³-hybridized carbons (Fsp3) is 0.581. The van der Waals surface area contributed by atoms with Crippen LogP contribution in [0.4, 0.5) is 30.7 Å². The van der Waals surface area contributed by atoms with Crippen molar-refractivity contribution < 1.29 is 35.5 Å². The van der Waals surface area contributed by atoms with E-state index in [1.807, 2.05) is 0 Å². The zero-order valence-electron chi connectivity index (χ0n) is 23.5. The monoisotopic (exact) mass is 599 g/mol. The SMILES string of the molecule is Cc1cc(F)ccc1[C@@H]1CN(CC2CCNCC2)CC[C@H]1C(=O)N(Cc1cc(C(F)(F)F)cc(C(F)(F)F)c1)C1CC1. The molecule has 0 aromatic heterocycles. The van der Waals surface area contributed by atoms with E-state index in [0.29, 0.717) is 56.0 Å². The molecule has 2 aromatic carbocycles. The Morgan fingerprint density at radius 3 is 2.14 bits per heavy atom. The molecule has 1 N–H and O–H groups in total. The Labute approximate surface area is 241 Å². The van der Waals surface area contributed by atoms with Crippen LogP contribution in [0.3, 0.4) is 0 Å². The third-order valence-corrected chi connectivity index (χ3v) is 8.89. The van der Waals surface area contributed by atoms with Gasteiger partial charge in [-0.1, -0.05) is 6.07 Å². The summed E-state index contributed by atoms with van der Waals surface area (Å²) in [6.07, 6.45) is -6.01. The van der Waals surface area contributed by atoms with Crippen LogP contribution in [0.2, 0.25) is 0 Å². The molecular weight excluding hydrogens is 563 g/mol. The number of likely N-dealkylation sites (tertiary alicyclic amines) is 1. The summed E-state index contributed by atoms with van der Waals surface area (Å²) >= 11 is 0. The second kappa shape index (κ2) is 12.1. The maximum Gasteiger partial charge on any atom is 0.416 e. The minimum Gasteiger partial charge on any atom is -0.335 e. The molecule has 1 aliphatic carbocycles. The summed E-state index contributed by atoms with van der Waals surface area (Å²) in [5, 5.41) is 3.36. The van der Waals surface area contributed by atoms with E-state index in [1.54, 1.807) is 13.0 Å². The summed E-state index contributed by atoms with van der Waals surface area (Å²) in [6.45, 7) is 5.51. The van der Waals surface area contributed by atoms with E-state index in [0.717, 1.165) is 38.0 Å². The molecule has 2 aromatic rings. The Morgan fingerprint density at radius 2 is 1.57 bits per heavy atom. The number of piperidine rings is 2. The van der Waals surface area contributed by atoms with Crippen LogP contribution in [0.25, 0.3) is 0 Å². The topological polar surface area (TPSA) is 35.6 Å². The van der Waals surface area contributed by atoms with Crippen LogP contribution in [0.15, 0.2) is 36.4 Å². The summed E-state index contributed by atoms with van der Waals surface area (Å²) < 4.78 is 95.1. The van der Waals surface area contributed by atoms with Gasteiger partial charge < -0.3 is 15.1 Å². The first-order chi connectivity index (χ1) is 19.8. The van der Waals surface area contributed by atoms with E-state index < -0.39 is 29.4 Å². The lowest BCUT2D eigenvalue weighted by Crippen LogP contribution is -2.48. The van der Waals surface area contributed by atoms with Crippen molar-refractivity contribution in [2.45, 2.75) is 69.9 Å². The molecule has 2 heterocycles. The molecule has 1 amide bonds. The third kappa shape index (κ3) is 7.27. The average Bonchev–Trinajstić information content (AvgIpc) is 3.76. The number of hydrogen-bond donors (Lipinski definition) is 1. The highest BCUT2D eigenvalue weighted by molar-refractivity contribution is 5.81. The van der Waals surface area contributed by atoms with E-state index in [1.165, 1.54) is 17.0 Å². The van der Waals surface area contributed by atoms with Crippen molar-refractivity contribution in [1.29, 1.82) is 0 Å². The minimum atomic E-state index is -4.96. The molecule has 3 aliphatic rings. The van der Waals surface area contributed by atoms with Crippen LogP contribution in [-0.4, -0.2) is 54.5 Å². The summed E-state index contributed by atoms with van der Waals surface area (Å²) in [5.74, 6) is -0.918. The molecule has 4 nitrogen and oxygen atoms in total. The number of rotatable bonds is 7. The van der Waals surface area contributed by atoms with Gasteiger partial charge in [0.05, 0.1) is 11.1 Å². The number of amides is 1. The molecule has 230 valence electrons. The van der Waals surface area contributed by atoms with Gasteiger partial charge in [-0.3, -0.25) is 4.79 Å². The number of nitrogens with one attached hydrogen (secondary N) is 1. The Morgan fingerprint density at radius 1 is 0.929 bits per heavy atom. The van der Waals surface area contributed by atoms with Crippen LogP contribution >= 0.6 is 0 Å². The standard InChI is InChI=1S/C31H36F7N3O/c1-19-12-24(32)2-5-26(19)28-18-40(16-20-6-9-39-10-7-20)11-8-27(28)29(42)41(25-3-4-25)17-21-13-22(30(33,34)35)15-23(14-21)31(36,37)38/h2,5,12-15,20,25,27-28,39H,3-4,6-11,16-18H2,1H3/t27-,28+/m1/s1. The molecule has 0 radical (unpaired) electrons. The molecule has 3 fully saturated rings. The smallest absolute Gasteiger partial charge is 0.335 e. The van der Waals surface area contributed by atoms with Crippen molar-refractivity contribution in [3.05, 3.63) is 70.0 Å². The van der Waals surface area contributed by atoms with Crippen LogP contribution < -0.4 is 5.32 Å². The molecule has 0 bridgehead atoms. The summed E-state index contributed by atoms with van der Waals surface area (Å²) in [6, 6.07) is 5.80. The zero-order valence-corrected chi connectivity index (χ0v) is 23.5. The van der Waals surface area contributed by atoms with Crippen LogP contribution in [0, 0.1) is 24.6 Å². The molecule has 2 saturated heterocycles. The molecule has 0 unspecified atom stereocenters. The number of hydrogen-bond acceptors (Lipinski definition) is 3.